The van der Waals surface area contributed by atoms with Crippen LogP contribution in [0.4, 0.5) is 11.4 Å². The Hall–Kier alpha value is -3.13. The second kappa shape index (κ2) is 7.71. The summed E-state index contributed by atoms with van der Waals surface area (Å²) in [6, 6.07) is 15.5. The normalized spacial score (nSPS) is 15.0. The lowest BCUT2D eigenvalue weighted by Gasteiger charge is -2.30. The van der Waals surface area contributed by atoms with Crippen LogP contribution >= 0.6 is 11.8 Å². The Bertz CT molecular complexity index is 1060. The first-order valence-corrected chi connectivity index (χ1v) is 10.3. The van der Waals surface area contributed by atoms with Crippen molar-refractivity contribution in [3.63, 3.8) is 0 Å². The molecule has 148 valence electrons. The maximum Gasteiger partial charge on any atom is 0.247 e. The zero-order chi connectivity index (χ0) is 20.5. The summed E-state index contributed by atoms with van der Waals surface area (Å²) in [6.07, 6.45) is 1.21. The molecule has 0 N–H and O–H groups in total. The summed E-state index contributed by atoms with van der Waals surface area (Å²) in [7, 11) is 3.97. The Labute approximate surface area is 173 Å². The van der Waals surface area contributed by atoms with Gasteiger partial charge in [-0.1, -0.05) is 42.1 Å². The van der Waals surface area contributed by atoms with Crippen LogP contribution in [0.3, 0.4) is 0 Å². The van der Waals surface area contributed by atoms with Gasteiger partial charge in [-0.2, -0.15) is 4.98 Å². The van der Waals surface area contributed by atoms with E-state index in [-0.39, 0.29) is 5.91 Å². The Morgan fingerprint density at radius 2 is 1.83 bits per heavy atom. The molecule has 0 aliphatic carbocycles. The molecule has 8 heteroatoms. The van der Waals surface area contributed by atoms with Gasteiger partial charge in [0.1, 0.15) is 0 Å². The van der Waals surface area contributed by atoms with E-state index in [4.69, 9.17) is 4.74 Å². The number of ether oxygens (including phenoxy) is 1. The molecule has 2 heterocycles. The van der Waals surface area contributed by atoms with Crippen LogP contribution in [0.1, 0.15) is 18.7 Å². The van der Waals surface area contributed by atoms with Crippen molar-refractivity contribution in [2.45, 2.75) is 18.3 Å². The van der Waals surface area contributed by atoms with Crippen molar-refractivity contribution in [3.05, 3.63) is 54.1 Å². The quantitative estimate of drug-likeness (QED) is 0.612. The number of fused-ring (bicyclic) bond motifs is 3. The van der Waals surface area contributed by atoms with Crippen molar-refractivity contribution in [1.29, 1.82) is 0 Å². The molecule has 7 nitrogen and oxygen atoms in total. The van der Waals surface area contributed by atoms with E-state index >= 15 is 0 Å². The zero-order valence-corrected chi connectivity index (χ0v) is 17.5. The van der Waals surface area contributed by atoms with Gasteiger partial charge in [0.25, 0.3) is 0 Å². The third-order valence-electron chi connectivity index (χ3n) is 4.73. The first kappa shape index (κ1) is 19.2. The van der Waals surface area contributed by atoms with Gasteiger partial charge in [-0.05, 0) is 24.5 Å². The van der Waals surface area contributed by atoms with Crippen molar-refractivity contribution in [2.75, 3.05) is 30.2 Å². The van der Waals surface area contributed by atoms with Crippen LogP contribution in [-0.2, 0) is 4.79 Å². The number of hydrogen-bond acceptors (Lipinski definition) is 7. The molecule has 0 saturated carbocycles. The number of nitrogens with zero attached hydrogens (tertiary/aromatic N) is 5. The summed E-state index contributed by atoms with van der Waals surface area (Å²) in [5.41, 5.74) is 3.91. The maximum absolute atomic E-state index is 12.7. The minimum absolute atomic E-state index is 0.134. The van der Waals surface area contributed by atoms with Crippen molar-refractivity contribution in [1.82, 2.24) is 15.2 Å². The van der Waals surface area contributed by atoms with Crippen molar-refractivity contribution < 1.29 is 9.53 Å². The van der Waals surface area contributed by atoms with Crippen LogP contribution in [-0.4, -0.2) is 41.4 Å². The summed E-state index contributed by atoms with van der Waals surface area (Å²) >= 11 is 1.39. The second-order valence-corrected chi connectivity index (χ2v) is 7.59. The van der Waals surface area contributed by atoms with Gasteiger partial charge >= 0.3 is 0 Å². The number of carbonyl (C=O) groups excluding carboxylic acids is 1. The number of benzene rings is 2. The number of hydrogen-bond donors (Lipinski definition) is 0. The average molecular weight is 407 g/mol. The van der Waals surface area contributed by atoms with Gasteiger partial charge in [-0.15, -0.1) is 10.2 Å². The third kappa shape index (κ3) is 3.51. The maximum atomic E-state index is 12.7. The van der Waals surface area contributed by atoms with E-state index in [9.17, 15) is 4.79 Å². The molecule has 3 aromatic rings. The monoisotopic (exact) mass is 407 g/mol. The summed E-state index contributed by atoms with van der Waals surface area (Å²) in [4.78, 5) is 20.9. The molecule has 0 fully saturated rings. The highest BCUT2D eigenvalue weighted by Gasteiger charge is 2.34. The van der Waals surface area contributed by atoms with E-state index in [0.29, 0.717) is 22.4 Å². The van der Waals surface area contributed by atoms with E-state index in [0.717, 1.165) is 16.8 Å². The highest BCUT2D eigenvalue weighted by Crippen LogP contribution is 2.43. The summed E-state index contributed by atoms with van der Waals surface area (Å²) in [6.45, 7) is 1.53. The number of amides is 1. The van der Waals surface area contributed by atoms with E-state index < -0.39 is 6.23 Å². The van der Waals surface area contributed by atoms with Crippen molar-refractivity contribution in [3.8, 4) is 17.1 Å². The van der Waals surface area contributed by atoms with Gasteiger partial charge in [0.05, 0.1) is 5.69 Å². The van der Waals surface area contributed by atoms with Crippen molar-refractivity contribution >= 4 is 29.0 Å². The van der Waals surface area contributed by atoms with Crippen LogP contribution in [0, 0.1) is 0 Å². The lowest BCUT2D eigenvalue weighted by molar-refractivity contribution is -0.118. The van der Waals surface area contributed by atoms with Gasteiger partial charge in [-0.25, -0.2) is 0 Å². The zero-order valence-electron chi connectivity index (χ0n) is 16.7. The SMILES string of the molecule is CSc1nnc2c(n1)O[C@H](c1ccc(N(C)C)cc1)N(C(C)=O)c1ccccc1-2. The van der Waals surface area contributed by atoms with Crippen LogP contribution in [0.25, 0.3) is 11.3 Å². The lowest BCUT2D eigenvalue weighted by atomic mass is 10.1. The van der Waals surface area contributed by atoms with Crippen LogP contribution in [0.15, 0.2) is 53.7 Å². The fourth-order valence-corrected chi connectivity index (χ4v) is 3.59. The van der Waals surface area contributed by atoms with Gasteiger partial charge in [0.15, 0.2) is 5.69 Å². The lowest BCUT2D eigenvalue weighted by Crippen LogP contribution is -2.36. The largest absolute Gasteiger partial charge is 0.447 e. The summed E-state index contributed by atoms with van der Waals surface area (Å²) in [5.74, 6) is 0.229. The van der Waals surface area contributed by atoms with Gasteiger partial charge in [0.2, 0.25) is 23.2 Å². The number of thioether (sulfide) groups is 1. The first-order valence-electron chi connectivity index (χ1n) is 9.11. The van der Waals surface area contributed by atoms with E-state index in [1.165, 1.54) is 18.7 Å². The van der Waals surface area contributed by atoms with E-state index in [1.54, 1.807) is 4.90 Å². The smallest absolute Gasteiger partial charge is 0.247 e. The van der Waals surface area contributed by atoms with Crippen LogP contribution in [0.5, 0.6) is 5.88 Å². The summed E-state index contributed by atoms with van der Waals surface area (Å²) in [5, 5.41) is 9.02. The molecule has 1 atom stereocenters. The number of anilines is 2. The Kier molecular flexibility index (Phi) is 5.10. The molecule has 0 radical (unpaired) electrons. The molecular weight excluding hydrogens is 386 g/mol. The van der Waals surface area contributed by atoms with Crippen LogP contribution < -0.4 is 14.5 Å². The number of carbonyl (C=O) groups is 1. The Balaban J connectivity index is 1.91. The molecule has 29 heavy (non-hydrogen) atoms. The fourth-order valence-electron chi connectivity index (χ4n) is 3.29. The third-order valence-corrected chi connectivity index (χ3v) is 5.27. The molecule has 0 bridgehead atoms. The number of aromatic nitrogens is 3. The predicted molar refractivity (Wildman–Crippen MR) is 114 cm³/mol. The minimum Gasteiger partial charge on any atom is -0.447 e. The van der Waals surface area contributed by atoms with Gasteiger partial charge in [-0.3, -0.25) is 9.69 Å². The molecule has 4 rings (SSSR count). The second-order valence-electron chi connectivity index (χ2n) is 6.81. The molecule has 0 spiro atoms. The highest BCUT2D eigenvalue weighted by molar-refractivity contribution is 7.98. The number of rotatable bonds is 3. The molecule has 1 aliphatic rings. The van der Waals surface area contributed by atoms with E-state index in [2.05, 4.69) is 15.2 Å². The summed E-state index contributed by atoms with van der Waals surface area (Å²) < 4.78 is 6.31. The predicted octanol–water partition coefficient (Wildman–Crippen LogP) is 3.77. The van der Waals surface area contributed by atoms with E-state index in [1.807, 2.05) is 73.8 Å². The van der Waals surface area contributed by atoms with Gasteiger partial charge in [0, 0.05) is 37.8 Å². The molecule has 1 aromatic heterocycles. The van der Waals surface area contributed by atoms with Crippen LogP contribution in [0.2, 0.25) is 0 Å². The number of para-hydroxylation sites is 1. The molecule has 1 aliphatic heterocycles. The van der Waals surface area contributed by atoms with Gasteiger partial charge < -0.3 is 9.64 Å². The molecule has 1 amide bonds. The highest BCUT2D eigenvalue weighted by atomic mass is 32.2. The molecule has 0 saturated heterocycles. The fraction of sp³-hybridized carbons (Fsp3) is 0.238. The standard InChI is InChI=1S/C21H21N5O2S/c1-13(27)26-17-8-6-5-7-16(17)18-19(22-21(29-4)24-23-18)28-20(26)14-9-11-15(12-10-14)25(2)3/h5-12,20H,1-4H3/t20-/m1/s1. The Morgan fingerprint density at radius 3 is 2.48 bits per heavy atom. The Morgan fingerprint density at radius 1 is 1.10 bits per heavy atom. The first-order chi connectivity index (χ1) is 14.0. The molecule has 0 unspecified atom stereocenters. The molecule has 2 aromatic carbocycles. The average Bonchev–Trinajstić information content (AvgIpc) is 2.87. The van der Waals surface area contributed by atoms with Crippen molar-refractivity contribution in [2.24, 2.45) is 0 Å². The topological polar surface area (TPSA) is 71.5 Å². The molecular formula is C21H21N5O2S. The minimum atomic E-state index is -0.669.